The van der Waals surface area contributed by atoms with Crippen molar-refractivity contribution in [1.82, 2.24) is 5.32 Å². The molecule has 0 aliphatic rings. The fourth-order valence-electron chi connectivity index (χ4n) is 2.27. The first-order valence-corrected chi connectivity index (χ1v) is 6.31. The van der Waals surface area contributed by atoms with E-state index in [1.807, 2.05) is 20.9 Å². The molecule has 3 heteroatoms. The molecule has 1 unspecified atom stereocenters. The number of hydrogen-bond donors (Lipinski definition) is 1. The van der Waals surface area contributed by atoms with Gasteiger partial charge in [-0.15, -0.1) is 0 Å². The quantitative estimate of drug-likeness (QED) is 0.815. The second-order valence-corrected chi connectivity index (χ2v) is 5.03. The third-order valence-electron chi connectivity index (χ3n) is 3.44. The van der Waals surface area contributed by atoms with Crippen LogP contribution in [0.4, 0.5) is 0 Å². The maximum atomic E-state index is 11.9. The largest absolute Gasteiger partial charge is 0.469 e. The van der Waals surface area contributed by atoms with E-state index in [1.165, 1.54) is 12.7 Å². The van der Waals surface area contributed by atoms with Gasteiger partial charge in [0.2, 0.25) is 0 Å². The van der Waals surface area contributed by atoms with Gasteiger partial charge in [0, 0.05) is 6.04 Å². The molecule has 100 valence electrons. The van der Waals surface area contributed by atoms with Crippen molar-refractivity contribution < 1.29 is 9.53 Å². The van der Waals surface area contributed by atoms with Crippen molar-refractivity contribution >= 4 is 5.97 Å². The summed E-state index contributed by atoms with van der Waals surface area (Å²) >= 11 is 0. The number of carbonyl (C=O) groups is 1. The van der Waals surface area contributed by atoms with Gasteiger partial charge in [-0.3, -0.25) is 4.79 Å². The Morgan fingerprint density at radius 3 is 2.28 bits per heavy atom. The van der Waals surface area contributed by atoms with Gasteiger partial charge in [-0.25, -0.2) is 0 Å². The van der Waals surface area contributed by atoms with Gasteiger partial charge in [0.15, 0.2) is 0 Å². The number of rotatable bonds is 5. The molecule has 0 amide bonds. The van der Waals surface area contributed by atoms with Gasteiger partial charge in [-0.05, 0) is 38.4 Å². The number of methoxy groups -OCH3 is 1. The zero-order valence-electron chi connectivity index (χ0n) is 11.9. The minimum absolute atomic E-state index is 0.0594. The predicted octanol–water partition coefficient (Wildman–Crippen LogP) is 2.71. The fraction of sp³-hybridized carbons (Fsp3) is 0.533. The molecule has 1 atom stereocenters. The Morgan fingerprint density at radius 1 is 1.33 bits per heavy atom. The Bertz CT molecular complexity index is 395. The normalized spacial score (nSPS) is 13.2. The molecule has 0 saturated heterocycles. The summed E-state index contributed by atoms with van der Waals surface area (Å²) in [5, 5.41) is 3.21. The van der Waals surface area contributed by atoms with Gasteiger partial charge >= 0.3 is 5.97 Å². The summed E-state index contributed by atoms with van der Waals surface area (Å²) in [4.78, 5) is 11.9. The van der Waals surface area contributed by atoms with Crippen molar-refractivity contribution in [2.75, 3.05) is 14.2 Å². The summed E-state index contributed by atoms with van der Waals surface area (Å²) in [7, 11) is 3.29. The molecule has 0 bridgehead atoms. The van der Waals surface area contributed by atoms with Crippen LogP contribution in [0.25, 0.3) is 0 Å². The van der Waals surface area contributed by atoms with E-state index in [-0.39, 0.29) is 12.0 Å². The number of ether oxygens (including phenoxy) is 1. The third-order valence-corrected chi connectivity index (χ3v) is 3.44. The van der Waals surface area contributed by atoms with E-state index in [9.17, 15) is 4.79 Å². The second-order valence-electron chi connectivity index (χ2n) is 5.03. The molecular formula is C15H23NO2. The zero-order chi connectivity index (χ0) is 13.8. The molecule has 1 aromatic rings. The van der Waals surface area contributed by atoms with Gasteiger partial charge in [0.05, 0.1) is 12.5 Å². The predicted molar refractivity (Wildman–Crippen MR) is 73.4 cm³/mol. The van der Waals surface area contributed by atoms with E-state index in [2.05, 4.69) is 36.5 Å². The minimum Gasteiger partial charge on any atom is -0.469 e. The maximum absolute atomic E-state index is 11.9. The first-order valence-electron chi connectivity index (χ1n) is 6.31. The van der Waals surface area contributed by atoms with Crippen LogP contribution in [-0.2, 0) is 16.0 Å². The van der Waals surface area contributed by atoms with Crippen LogP contribution in [-0.4, -0.2) is 20.1 Å². The van der Waals surface area contributed by atoms with Crippen LogP contribution in [0.15, 0.2) is 24.3 Å². The highest BCUT2D eigenvalue weighted by Crippen LogP contribution is 2.34. The van der Waals surface area contributed by atoms with Crippen molar-refractivity contribution in [1.29, 1.82) is 0 Å². The molecule has 0 aliphatic heterocycles. The van der Waals surface area contributed by atoms with E-state index in [1.54, 1.807) is 0 Å². The molecular weight excluding hydrogens is 226 g/mol. The second kappa shape index (κ2) is 6.01. The van der Waals surface area contributed by atoms with Crippen molar-refractivity contribution in [2.45, 2.75) is 33.2 Å². The molecule has 1 aromatic carbocycles. The number of aryl methyl sites for hydroxylation is 1. The van der Waals surface area contributed by atoms with Crippen LogP contribution in [0.5, 0.6) is 0 Å². The number of esters is 1. The molecule has 0 aliphatic carbocycles. The number of nitrogens with one attached hydrogen (secondary N) is 1. The summed E-state index contributed by atoms with van der Waals surface area (Å²) < 4.78 is 4.89. The third kappa shape index (κ3) is 2.91. The van der Waals surface area contributed by atoms with E-state index >= 15 is 0 Å². The Kier molecular flexibility index (Phi) is 4.91. The highest BCUT2D eigenvalue weighted by atomic mass is 16.5. The lowest BCUT2D eigenvalue weighted by atomic mass is 9.80. The highest BCUT2D eigenvalue weighted by molar-refractivity contribution is 5.77. The van der Waals surface area contributed by atoms with Crippen LogP contribution in [0.2, 0.25) is 0 Å². The van der Waals surface area contributed by atoms with E-state index < -0.39 is 5.41 Å². The Labute approximate surface area is 110 Å². The lowest BCUT2D eigenvalue weighted by Crippen LogP contribution is -2.39. The van der Waals surface area contributed by atoms with E-state index in [4.69, 9.17) is 4.74 Å². The monoisotopic (exact) mass is 249 g/mol. The lowest BCUT2D eigenvalue weighted by molar-refractivity contribution is -0.152. The van der Waals surface area contributed by atoms with E-state index in [0.717, 1.165) is 12.0 Å². The molecule has 0 aromatic heterocycles. The van der Waals surface area contributed by atoms with Gasteiger partial charge < -0.3 is 10.1 Å². The van der Waals surface area contributed by atoms with Crippen LogP contribution >= 0.6 is 0 Å². The summed E-state index contributed by atoms with van der Waals surface area (Å²) in [5.74, 6) is -0.207. The summed E-state index contributed by atoms with van der Waals surface area (Å²) in [6.45, 7) is 5.92. The Hall–Kier alpha value is -1.35. The van der Waals surface area contributed by atoms with Gasteiger partial charge in [-0.2, -0.15) is 0 Å². The number of benzene rings is 1. The van der Waals surface area contributed by atoms with Gasteiger partial charge in [0.1, 0.15) is 0 Å². The molecule has 3 nitrogen and oxygen atoms in total. The fourth-order valence-corrected chi connectivity index (χ4v) is 2.27. The lowest BCUT2D eigenvalue weighted by Gasteiger charge is -2.32. The molecule has 1 N–H and O–H groups in total. The highest BCUT2D eigenvalue weighted by Gasteiger charge is 2.37. The topological polar surface area (TPSA) is 38.3 Å². The van der Waals surface area contributed by atoms with Crippen LogP contribution in [0.3, 0.4) is 0 Å². The van der Waals surface area contributed by atoms with Crippen molar-refractivity contribution in [3.8, 4) is 0 Å². The van der Waals surface area contributed by atoms with Gasteiger partial charge in [-0.1, -0.05) is 31.2 Å². The smallest absolute Gasteiger partial charge is 0.313 e. The Morgan fingerprint density at radius 2 is 1.89 bits per heavy atom. The van der Waals surface area contributed by atoms with Gasteiger partial charge in [0.25, 0.3) is 0 Å². The molecule has 0 fully saturated rings. The number of carbonyl (C=O) groups excluding carboxylic acids is 1. The summed E-state index contributed by atoms with van der Waals surface area (Å²) in [6, 6.07) is 8.30. The maximum Gasteiger partial charge on any atom is 0.313 e. The first kappa shape index (κ1) is 14.7. The Balaban J connectivity index is 3.04. The summed E-state index contributed by atoms with van der Waals surface area (Å²) in [6.07, 6.45) is 1.02. The standard InChI is InChI=1S/C15H23NO2/c1-6-11-7-9-12(10-8-11)13(16-4)15(2,3)14(17)18-5/h7-10,13,16H,6H2,1-5H3. The molecule has 18 heavy (non-hydrogen) atoms. The van der Waals surface area contributed by atoms with Crippen molar-refractivity contribution in [3.05, 3.63) is 35.4 Å². The SMILES string of the molecule is CCc1ccc(C(NC)C(C)(C)C(=O)OC)cc1. The van der Waals surface area contributed by atoms with Crippen LogP contribution in [0, 0.1) is 5.41 Å². The van der Waals surface area contributed by atoms with Crippen LogP contribution < -0.4 is 5.32 Å². The average molecular weight is 249 g/mol. The number of hydrogen-bond acceptors (Lipinski definition) is 3. The first-order chi connectivity index (χ1) is 8.47. The minimum atomic E-state index is -0.600. The van der Waals surface area contributed by atoms with Crippen molar-refractivity contribution in [2.24, 2.45) is 5.41 Å². The van der Waals surface area contributed by atoms with Crippen LogP contribution in [0.1, 0.15) is 37.9 Å². The molecule has 1 rings (SSSR count). The summed E-state index contributed by atoms with van der Waals surface area (Å²) in [5.41, 5.74) is 1.80. The van der Waals surface area contributed by atoms with Crippen molar-refractivity contribution in [3.63, 3.8) is 0 Å². The molecule has 0 radical (unpaired) electrons. The molecule has 0 spiro atoms. The van der Waals surface area contributed by atoms with E-state index in [0.29, 0.717) is 0 Å². The molecule has 0 saturated carbocycles. The average Bonchev–Trinajstić information content (AvgIpc) is 2.39. The molecule has 0 heterocycles. The zero-order valence-corrected chi connectivity index (χ0v) is 11.9.